The SMILES string of the molecule is CCc1cc2c(s1)SCCC1CC(=O)N(c3ccc(Cl)cc3)N=C21. The van der Waals surface area contributed by atoms with Crippen LogP contribution in [-0.4, -0.2) is 17.4 Å². The van der Waals surface area contributed by atoms with Gasteiger partial charge in [0.05, 0.1) is 15.6 Å². The van der Waals surface area contributed by atoms with Gasteiger partial charge in [0, 0.05) is 27.8 Å². The average molecular weight is 377 g/mol. The van der Waals surface area contributed by atoms with E-state index in [4.69, 9.17) is 16.7 Å². The number of thiophene rings is 1. The van der Waals surface area contributed by atoms with Crippen LogP contribution in [0.1, 0.15) is 30.2 Å². The van der Waals surface area contributed by atoms with E-state index in [0.717, 1.165) is 30.0 Å². The predicted octanol–water partition coefficient (Wildman–Crippen LogP) is 5.22. The number of aryl methyl sites for hydroxylation is 1. The minimum absolute atomic E-state index is 0.0606. The van der Waals surface area contributed by atoms with Gasteiger partial charge in [0.1, 0.15) is 0 Å². The van der Waals surface area contributed by atoms with Gasteiger partial charge in [0.25, 0.3) is 0 Å². The van der Waals surface area contributed by atoms with Crippen LogP contribution < -0.4 is 5.01 Å². The Kier molecular flexibility index (Phi) is 4.41. The second-order valence-electron chi connectivity index (χ2n) is 5.97. The molecular weight excluding hydrogens is 360 g/mol. The molecule has 0 aliphatic carbocycles. The average Bonchev–Trinajstić information content (AvgIpc) is 2.92. The van der Waals surface area contributed by atoms with Crippen LogP contribution in [0.5, 0.6) is 0 Å². The molecular formula is C18H17ClN2OS2. The third-order valence-corrected chi connectivity index (χ3v) is 7.25. The molecule has 0 saturated heterocycles. The summed E-state index contributed by atoms with van der Waals surface area (Å²) in [4.78, 5) is 14.0. The highest BCUT2D eigenvalue weighted by atomic mass is 35.5. The van der Waals surface area contributed by atoms with E-state index >= 15 is 0 Å². The van der Waals surface area contributed by atoms with Crippen LogP contribution >= 0.6 is 34.7 Å². The first-order chi connectivity index (χ1) is 11.7. The molecule has 0 N–H and O–H groups in total. The maximum Gasteiger partial charge on any atom is 0.248 e. The molecule has 2 aromatic rings. The fourth-order valence-electron chi connectivity index (χ4n) is 3.11. The second kappa shape index (κ2) is 6.54. The Morgan fingerprint density at radius 2 is 2.12 bits per heavy atom. The zero-order valence-corrected chi connectivity index (χ0v) is 15.7. The van der Waals surface area contributed by atoms with E-state index < -0.39 is 0 Å². The summed E-state index contributed by atoms with van der Waals surface area (Å²) in [6, 6.07) is 9.55. The molecule has 3 nitrogen and oxygen atoms in total. The van der Waals surface area contributed by atoms with Crippen molar-refractivity contribution in [2.24, 2.45) is 11.0 Å². The Labute approximate surface area is 154 Å². The van der Waals surface area contributed by atoms with Crippen molar-refractivity contribution in [2.75, 3.05) is 10.8 Å². The summed E-state index contributed by atoms with van der Waals surface area (Å²) >= 11 is 9.73. The van der Waals surface area contributed by atoms with Gasteiger partial charge in [-0.1, -0.05) is 18.5 Å². The Balaban J connectivity index is 1.79. The molecule has 1 amide bonds. The standard InChI is InChI=1S/C18H17ClN2OS2/c1-2-14-10-15-17-11(7-8-23-18(15)24-14)9-16(22)21(20-17)13-5-3-12(19)4-6-13/h3-6,10-11H,2,7-9H2,1H3. The van der Waals surface area contributed by atoms with Crippen LogP contribution in [0.15, 0.2) is 39.6 Å². The molecule has 1 aromatic carbocycles. The summed E-state index contributed by atoms with van der Waals surface area (Å²) in [7, 11) is 0. The summed E-state index contributed by atoms with van der Waals surface area (Å²) in [6.45, 7) is 2.18. The molecule has 0 spiro atoms. The Morgan fingerprint density at radius 1 is 1.33 bits per heavy atom. The first kappa shape index (κ1) is 16.2. The van der Waals surface area contributed by atoms with E-state index in [2.05, 4.69) is 13.0 Å². The van der Waals surface area contributed by atoms with Gasteiger partial charge in [-0.05, 0) is 48.9 Å². The van der Waals surface area contributed by atoms with Crippen molar-refractivity contribution in [3.8, 4) is 0 Å². The predicted molar refractivity (Wildman–Crippen MR) is 103 cm³/mol. The van der Waals surface area contributed by atoms with Crippen molar-refractivity contribution in [3.63, 3.8) is 0 Å². The van der Waals surface area contributed by atoms with Crippen LogP contribution in [0.3, 0.4) is 0 Å². The highest BCUT2D eigenvalue weighted by Gasteiger charge is 2.34. The number of rotatable bonds is 2. The third-order valence-electron chi connectivity index (χ3n) is 4.40. The molecule has 4 rings (SSSR count). The molecule has 0 fully saturated rings. The van der Waals surface area contributed by atoms with Crippen molar-refractivity contribution in [2.45, 2.75) is 30.4 Å². The molecule has 1 aromatic heterocycles. The number of hydrogen-bond donors (Lipinski definition) is 0. The van der Waals surface area contributed by atoms with Crippen molar-refractivity contribution in [3.05, 3.63) is 45.8 Å². The van der Waals surface area contributed by atoms with Gasteiger partial charge in [-0.25, -0.2) is 5.01 Å². The number of nitrogens with zero attached hydrogens (tertiary/aromatic N) is 2. The molecule has 6 heteroatoms. The molecule has 24 heavy (non-hydrogen) atoms. The molecule has 2 aliphatic heterocycles. The lowest BCUT2D eigenvalue weighted by Gasteiger charge is -2.28. The van der Waals surface area contributed by atoms with Gasteiger partial charge in [0.15, 0.2) is 0 Å². The van der Waals surface area contributed by atoms with Crippen molar-refractivity contribution in [1.82, 2.24) is 0 Å². The van der Waals surface area contributed by atoms with Gasteiger partial charge in [-0.15, -0.1) is 23.1 Å². The minimum Gasteiger partial charge on any atom is -0.273 e. The molecule has 0 radical (unpaired) electrons. The topological polar surface area (TPSA) is 32.7 Å². The number of fused-ring (bicyclic) bond motifs is 3. The Morgan fingerprint density at radius 3 is 2.88 bits per heavy atom. The van der Waals surface area contributed by atoms with E-state index in [0.29, 0.717) is 11.4 Å². The minimum atomic E-state index is 0.0606. The molecule has 2 aliphatic rings. The number of amides is 1. The van der Waals surface area contributed by atoms with Crippen LogP contribution in [0.4, 0.5) is 5.69 Å². The number of benzene rings is 1. The first-order valence-corrected chi connectivity index (χ1v) is 10.3. The first-order valence-electron chi connectivity index (χ1n) is 8.08. The number of carbonyl (C=O) groups excluding carboxylic acids is 1. The van der Waals surface area contributed by atoms with Gasteiger partial charge in [0.2, 0.25) is 5.91 Å². The van der Waals surface area contributed by atoms with Gasteiger partial charge in [-0.2, -0.15) is 5.10 Å². The summed E-state index contributed by atoms with van der Waals surface area (Å²) in [5, 5.41) is 6.99. The van der Waals surface area contributed by atoms with Crippen molar-refractivity contribution < 1.29 is 4.79 Å². The number of hydrogen-bond acceptors (Lipinski definition) is 4. The third kappa shape index (κ3) is 2.89. The quantitative estimate of drug-likeness (QED) is 0.720. The highest BCUT2D eigenvalue weighted by molar-refractivity contribution is 8.01. The lowest BCUT2D eigenvalue weighted by Crippen LogP contribution is -2.37. The normalized spacial score (nSPS) is 20.2. The van der Waals surface area contributed by atoms with E-state index in [-0.39, 0.29) is 11.8 Å². The van der Waals surface area contributed by atoms with E-state index in [1.807, 2.05) is 35.2 Å². The number of thioether (sulfide) groups is 1. The molecule has 3 heterocycles. The molecule has 0 bridgehead atoms. The number of hydrazone groups is 1. The number of halogens is 1. The van der Waals surface area contributed by atoms with E-state index in [1.54, 1.807) is 17.1 Å². The summed E-state index contributed by atoms with van der Waals surface area (Å²) in [5.74, 6) is 1.34. The van der Waals surface area contributed by atoms with E-state index in [1.165, 1.54) is 14.6 Å². The summed E-state index contributed by atoms with van der Waals surface area (Å²) in [6.07, 6.45) is 2.57. The number of carbonyl (C=O) groups is 1. The maximum absolute atomic E-state index is 12.6. The fraction of sp³-hybridized carbons (Fsp3) is 0.333. The molecule has 1 atom stereocenters. The van der Waals surface area contributed by atoms with Crippen molar-refractivity contribution >= 4 is 52.0 Å². The highest BCUT2D eigenvalue weighted by Crippen LogP contribution is 2.41. The second-order valence-corrected chi connectivity index (χ2v) is 8.91. The summed E-state index contributed by atoms with van der Waals surface area (Å²) in [5.41, 5.74) is 3.08. The Hall–Kier alpha value is -1.30. The van der Waals surface area contributed by atoms with Crippen LogP contribution in [0, 0.1) is 5.92 Å². The van der Waals surface area contributed by atoms with Gasteiger partial charge in [-0.3, -0.25) is 4.79 Å². The van der Waals surface area contributed by atoms with Gasteiger partial charge >= 0.3 is 0 Å². The zero-order valence-electron chi connectivity index (χ0n) is 13.3. The largest absolute Gasteiger partial charge is 0.273 e. The zero-order chi connectivity index (χ0) is 16.7. The van der Waals surface area contributed by atoms with Crippen molar-refractivity contribution in [1.29, 1.82) is 0 Å². The lowest BCUT2D eigenvalue weighted by atomic mass is 9.91. The number of anilines is 1. The van der Waals surface area contributed by atoms with Crippen LogP contribution in [-0.2, 0) is 11.2 Å². The van der Waals surface area contributed by atoms with E-state index in [9.17, 15) is 4.79 Å². The van der Waals surface area contributed by atoms with Crippen LogP contribution in [0.25, 0.3) is 0 Å². The summed E-state index contributed by atoms with van der Waals surface area (Å²) < 4.78 is 1.35. The van der Waals surface area contributed by atoms with Crippen LogP contribution in [0.2, 0.25) is 5.02 Å². The lowest BCUT2D eigenvalue weighted by molar-refractivity contribution is -0.119. The molecule has 124 valence electrons. The smallest absolute Gasteiger partial charge is 0.248 e. The maximum atomic E-state index is 12.6. The fourth-order valence-corrected chi connectivity index (χ4v) is 5.79. The van der Waals surface area contributed by atoms with Gasteiger partial charge < -0.3 is 0 Å². The monoisotopic (exact) mass is 376 g/mol. The molecule has 1 unspecified atom stereocenters. The Bertz CT molecular complexity index is 813. The molecule has 0 saturated carbocycles.